The smallest absolute Gasteiger partial charge is 0.226 e. The highest BCUT2D eigenvalue weighted by Gasteiger charge is 2.41. The van der Waals surface area contributed by atoms with E-state index in [2.05, 4.69) is 36.1 Å². The second-order valence-corrected chi connectivity index (χ2v) is 8.36. The van der Waals surface area contributed by atoms with E-state index < -0.39 is 0 Å². The molecule has 1 fully saturated rings. The van der Waals surface area contributed by atoms with E-state index >= 15 is 0 Å². The maximum Gasteiger partial charge on any atom is 0.226 e. The Balaban J connectivity index is 1.44. The number of para-hydroxylation sites is 1. The van der Waals surface area contributed by atoms with Crippen molar-refractivity contribution in [2.45, 2.75) is 18.5 Å². The second-order valence-electron chi connectivity index (χ2n) is 7.98. The summed E-state index contributed by atoms with van der Waals surface area (Å²) in [6.45, 7) is 0.464. The van der Waals surface area contributed by atoms with Crippen molar-refractivity contribution in [1.82, 2.24) is 24.8 Å². The lowest BCUT2D eigenvalue weighted by molar-refractivity contribution is -0.116. The summed E-state index contributed by atoms with van der Waals surface area (Å²) >= 11 is 5.74. The molecule has 5 rings (SSSR count). The highest BCUT2D eigenvalue weighted by molar-refractivity contribution is 7.80. The first kappa shape index (κ1) is 21.8. The average Bonchev–Trinajstić information content (AvgIpc) is 3.48. The largest absolute Gasteiger partial charge is 0.352 e. The Morgan fingerprint density at radius 1 is 0.941 bits per heavy atom. The number of benzene rings is 1. The van der Waals surface area contributed by atoms with E-state index in [9.17, 15) is 4.79 Å². The molecule has 4 heterocycles. The Labute approximate surface area is 203 Å². The van der Waals surface area contributed by atoms with Gasteiger partial charge in [-0.2, -0.15) is 0 Å². The number of carbonyl (C=O) groups is 1. The van der Waals surface area contributed by atoms with Crippen LogP contribution in [0.2, 0.25) is 0 Å². The molecule has 4 aromatic rings. The van der Waals surface area contributed by atoms with Gasteiger partial charge in [0.2, 0.25) is 5.91 Å². The molecule has 34 heavy (non-hydrogen) atoms. The number of hydrogen-bond donors (Lipinski definition) is 2. The van der Waals surface area contributed by atoms with Gasteiger partial charge < -0.3 is 20.1 Å². The minimum Gasteiger partial charge on any atom is -0.352 e. The van der Waals surface area contributed by atoms with Crippen molar-refractivity contribution in [3.8, 4) is 5.82 Å². The van der Waals surface area contributed by atoms with Crippen LogP contribution in [0.3, 0.4) is 0 Å². The Hall–Kier alpha value is -4.04. The molecule has 1 saturated heterocycles. The summed E-state index contributed by atoms with van der Waals surface area (Å²) in [5, 5.41) is 6.99. The maximum atomic E-state index is 12.7. The molecule has 2 atom stereocenters. The molecule has 0 spiro atoms. The van der Waals surface area contributed by atoms with E-state index in [4.69, 9.17) is 12.2 Å². The molecular formula is C26H24N6OS. The minimum atomic E-state index is -0.164. The van der Waals surface area contributed by atoms with Crippen molar-refractivity contribution in [1.29, 1.82) is 0 Å². The lowest BCUT2D eigenvalue weighted by atomic mass is 10.0. The predicted molar refractivity (Wildman–Crippen MR) is 135 cm³/mol. The third kappa shape index (κ3) is 4.53. The minimum absolute atomic E-state index is 0.0610. The van der Waals surface area contributed by atoms with Gasteiger partial charge in [-0.25, -0.2) is 4.98 Å². The van der Waals surface area contributed by atoms with Crippen molar-refractivity contribution in [3.05, 3.63) is 109 Å². The van der Waals surface area contributed by atoms with Crippen LogP contribution in [0.1, 0.15) is 29.9 Å². The standard InChI is InChI=1S/C26H24N6OS/c33-23(29-19-9-2-1-3-10-19)14-18-32-25(24(30-26(32)34)20-11-4-6-15-27-20)21-12-8-17-31(21)22-13-5-7-16-28-22/h1-13,15-17,24-25H,14,18H2,(H,29,33)(H,30,34). The van der Waals surface area contributed by atoms with Gasteiger partial charge in [0.1, 0.15) is 5.82 Å². The van der Waals surface area contributed by atoms with Crippen LogP contribution in [-0.2, 0) is 4.79 Å². The van der Waals surface area contributed by atoms with Gasteiger partial charge in [0, 0.05) is 42.9 Å². The van der Waals surface area contributed by atoms with Crippen molar-refractivity contribution in [2.24, 2.45) is 0 Å². The Morgan fingerprint density at radius 2 is 1.71 bits per heavy atom. The van der Waals surface area contributed by atoms with Crippen molar-refractivity contribution in [3.63, 3.8) is 0 Å². The molecule has 0 aliphatic carbocycles. The van der Waals surface area contributed by atoms with Gasteiger partial charge in [-0.15, -0.1) is 0 Å². The summed E-state index contributed by atoms with van der Waals surface area (Å²) in [6.07, 6.45) is 5.85. The van der Waals surface area contributed by atoms with Gasteiger partial charge in [-0.1, -0.05) is 30.3 Å². The SMILES string of the molecule is O=C(CCN1C(=S)NC(c2ccccn2)C1c1cccn1-c1ccccn1)Nc1ccccc1. The van der Waals surface area contributed by atoms with Gasteiger partial charge in [0.15, 0.2) is 5.11 Å². The molecule has 2 N–H and O–H groups in total. The number of carbonyl (C=O) groups excluding carboxylic acids is 1. The fraction of sp³-hybridized carbons (Fsp3) is 0.154. The number of hydrogen-bond acceptors (Lipinski definition) is 4. The van der Waals surface area contributed by atoms with Crippen LogP contribution in [0.4, 0.5) is 5.69 Å². The lowest BCUT2D eigenvalue weighted by Gasteiger charge is -2.28. The van der Waals surface area contributed by atoms with Crippen LogP contribution in [0.5, 0.6) is 0 Å². The van der Waals surface area contributed by atoms with Crippen LogP contribution >= 0.6 is 12.2 Å². The van der Waals surface area contributed by atoms with Crippen molar-refractivity contribution >= 4 is 28.9 Å². The zero-order chi connectivity index (χ0) is 23.3. The van der Waals surface area contributed by atoms with Crippen molar-refractivity contribution in [2.75, 3.05) is 11.9 Å². The normalized spacial score (nSPS) is 17.4. The molecular weight excluding hydrogens is 444 g/mol. The van der Waals surface area contributed by atoms with E-state index in [1.807, 2.05) is 79.0 Å². The third-order valence-electron chi connectivity index (χ3n) is 5.81. The zero-order valence-electron chi connectivity index (χ0n) is 18.4. The monoisotopic (exact) mass is 468 g/mol. The number of amides is 1. The summed E-state index contributed by atoms with van der Waals surface area (Å²) in [4.78, 5) is 23.9. The van der Waals surface area contributed by atoms with E-state index in [0.29, 0.717) is 18.1 Å². The highest BCUT2D eigenvalue weighted by Crippen LogP contribution is 2.39. The number of pyridine rings is 2. The predicted octanol–water partition coefficient (Wildman–Crippen LogP) is 4.27. The Bertz CT molecular complexity index is 1260. The van der Waals surface area contributed by atoms with Gasteiger partial charge in [0.25, 0.3) is 0 Å². The molecule has 7 nitrogen and oxygen atoms in total. The lowest BCUT2D eigenvalue weighted by Crippen LogP contribution is -2.33. The number of nitrogens with one attached hydrogen (secondary N) is 2. The summed E-state index contributed by atoms with van der Waals surface area (Å²) in [6, 6.07) is 24.9. The molecule has 8 heteroatoms. The van der Waals surface area contributed by atoms with Crippen LogP contribution in [-0.4, -0.2) is 37.0 Å². The second kappa shape index (κ2) is 9.84. The van der Waals surface area contributed by atoms with Crippen LogP contribution in [0.15, 0.2) is 97.5 Å². The molecule has 1 amide bonds. The molecule has 0 radical (unpaired) electrons. The molecule has 3 aromatic heterocycles. The van der Waals surface area contributed by atoms with E-state index in [-0.39, 0.29) is 18.0 Å². The average molecular weight is 469 g/mol. The first-order chi connectivity index (χ1) is 16.7. The number of nitrogens with zero attached hydrogens (tertiary/aromatic N) is 4. The van der Waals surface area contributed by atoms with Gasteiger partial charge in [-0.3, -0.25) is 9.78 Å². The van der Waals surface area contributed by atoms with Crippen LogP contribution in [0, 0.1) is 0 Å². The first-order valence-corrected chi connectivity index (χ1v) is 11.5. The van der Waals surface area contributed by atoms with Crippen LogP contribution < -0.4 is 10.6 Å². The number of thiocarbonyl (C=S) groups is 1. The molecule has 0 saturated carbocycles. The third-order valence-corrected chi connectivity index (χ3v) is 6.17. The van der Waals surface area contributed by atoms with E-state index in [0.717, 1.165) is 22.9 Å². The van der Waals surface area contributed by atoms with E-state index in [1.165, 1.54) is 0 Å². The first-order valence-electron chi connectivity index (χ1n) is 11.1. The Kier molecular flexibility index (Phi) is 6.31. The van der Waals surface area contributed by atoms with Gasteiger partial charge >= 0.3 is 0 Å². The van der Waals surface area contributed by atoms with Crippen LogP contribution in [0.25, 0.3) is 5.82 Å². The van der Waals surface area contributed by atoms with Gasteiger partial charge in [0.05, 0.1) is 17.8 Å². The number of aromatic nitrogens is 3. The number of anilines is 1. The molecule has 1 aromatic carbocycles. The Morgan fingerprint density at radius 3 is 2.44 bits per heavy atom. The summed E-state index contributed by atoms with van der Waals surface area (Å²) in [5.74, 6) is 0.760. The zero-order valence-corrected chi connectivity index (χ0v) is 19.2. The fourth-order valence-corrected chi connectivity index (χ4v) is 4.61. The molecule has 0 bridgehead atoms. The molecule has 1 aliphatic heterocycles. The topological polar surface area (TPSA) is 75.1 Å². The molecule has 2 unspecified atom stereocenters. The fourth-order valence-electron chi connectivity index (χ4n) is 4.27. The number of rotatable bonds is 7. The maximum absolute atomic E-state index is 12.7. The summed E-state index contributed by atoms with van der Waals surface area (Å²) < 4.78 is 2.06. The quantitative estimate of drug-likeness (QED) is 0.395. The molecule has 170 valence electrons. The van der Waals surface area contributed by atoms with E-state index in [1.54, 1.807) is 12.4 Å². The van der Waals surface area contributed by atoms with Crippen molar-refractivity contribution < 1.29 is 4.79 Å². The summed E-state index contributed by atoms with van der Waals surface area (Å²) in [5.41, 5.74) is 2.69. The molecule has 1 aliphatic rings. The highest BCUT2D eigenvalue weighted by atomic mass is 32.1. The summed E-state index contributed by atoms with van der Waals surface area (Å²) in [7, 11) is 0. The van der Waals surface area contributed by atoms with Gasteiger partial charge in [-0.05, 0) is 60.7 Å².